The summed E-state index contributed by atoms with van der Waals surface area (Å²) >= 11 is 0. The van der Waals surface area contributed by atoms with Gasteiger partial charge in [0.15, 0.2) is 0 Å². The van der Waals surface area contributed by atoms with Gasteiger partial charge < -0.3 is 0 Å². The second kappa shape index (κ2) is 5.06. The lowest BCUT2D eigenvalue weighted by Crippen LogP contribution is -1.90. The van der Waals surface area contributed by atoms with E-state index in [1.54, 1.807) is 12.1 Å². The number of benzene rings is 2. The molecule has 0 atom stereocenters. The fraction of sp³-hybridized carbons (Fsp3) is 0.176. The van der Waals surface area contributed by atoms with Gasteiger partial charge >= 0.3 is 0 Å². The van der Waals surface area contributed by atoms with Crippen LogP contribution in [0.15, 0.2) is 42.5 Å². The molecule has 2 aromatic carbocycles. The van der Waals surface area contributed by atoms with Crippen molar-refractivity contribution >= 4 is 0 Å². The van der Waals surface area contributed by atoms with Crippen LogP contribution in [-0.4, -0.2) is 0 Å². The average molecular weight is 238 g/mol. The maximum absolute atomic E-state index is 13.9. The molecule has 0 saturated heterocycles. The fourth-order valence-corrected chi connectivity index (χ4v) is 1.90. The normalized spacial score (nSPS) is 10.4. The number of halogens is 1. The summed E-state index contributed by atoms with van der Waals surface area (Å²) in [5, 5.41) is 0. The van der Waals surface area contributed by atoms with Crippen LogP contribution in [0.5, 0.6) is 0 Å². The van der Waals surface area contributed by atoms with Crippen molar-refractivity contribution in [2.75, 3.05) is 0 Å². The summed E-state index contributed by atoms with van der Waals surface area (Å²) in [7, 11) is 0. The first-order valence-corrected chi connectivity index (χ1v) is 5.98. The molecule has 1 heteroatoms. The standard InChI is InChI=1S/C17H15F/c1-4-13-8-9-17(18)16(10-13)15-7-5-6-14(11-15)12(2)3/h1,5-12H,2-3H3. The third-order valence-electron chi connectivity index (χ3n) is 3.00. The highest BCUT2D eigenvalue weighted by molar-refractivity contribution is 5.67. The maximum atomic E-state index is 13.9. The molecule has 0 aliphatic heterocycles. The van der Waals surface area contributed by atoms with E-state index >= 15 is 0 Å². The van der Waals surface area contributed by atoms with Crippen LogP contribution < -0.4 is 0 Å². The molecule has 0 N–H and O–H groups in total. The Morgan fingerprint density at radius 2 is 1.89 bits per heavy atom. The predicted molar refractivity (Wildman–Crippen MR) is 73.9 cm³/mol. The van der Waals surface area contributed by atoms with Crippen molar-refractivity contribution in [3.63, 3.8) is 0 Å². The van der Waals surface area contributed by atoms with Crippen molar-refractivity contribution in [3.05, 3.63) is 59.4 Å². The van der Waals surface area contributed by atoms with Gasteiger partial charge in [0.05, 0.1) is 0 Å². The fourth-order valence-electron chi connectivity index (χ4n) is 1.90. The van der Waals surface area contributed by atoms with Crippen LogP contribution in [0.4, 0.5) is 4.39 Å². The predicted octanol–water partition coefficient (Wildman–Crippen LogP) is 4.60. The highest BCUT2D eigenvalue weighted by atomic mass is 19.1. The molecule has 18 heavy (non-hydrogen) atoms. The second-order valence-electron chi connectivity index (χ2n) is 4.62. The van der Waals surface area contributed by atoms with Crippen LogP contribution in [0, 0.1) is 18.2 Å². The molecule has 0 aromatic heterocycles. The van der Waals surface area contributed by atoms with Gasteiger partial charge in [0, 0.05) is 11.1 Å². The van der Waals surface area contributed by atoms with Gasteiger partial charge in [-0.3, -0.25) is 0 Å². The Kier molecular flexibility index (Phi) is 3.48. The number of rotatable bonds is 2. The minimum absolute atomic E-state index is 0.241. The zero-order chi connectivity index (χ0) is 13.1. The van der Waals surface area contributed by atoms with Crippen LogP contribution in [-0.2, 0) is 0 Å². The lowest BCUT2D eigenvalue weighted by Gasteiger charge is -2.09. The Morgan fingerprint density at radius 3 is 2.56 bits per heavy atom. The summed E-state index contributed by atoms with van der Waals surface area (Å²) in [6.45, 7) is 4.24. The third-order valence-corrected chi connectivity index (χ3v) is 3.00. The van der Waals surface area contributed by atoms with Gasteiger partial charge in [-0.15, -0.1) is 6.42 Å². The van der Waals surface area contributed by atoms with Crippen molar-refractivity contribution in [3.8, 4) is 23.5 Å². The van der Waals surface area contributed by atoms with Crippen molar-refractivity contribution in [1.29, 1.82) is 0 Å². The quantitative estimate of drug-likeness (QED) is 0.671. The summed E-state index contributed by atoms with van der Waals surface area (Å²) in [6, 6.07) is 12.7. The van der Waals surface area contributed by atoms with E-state index in [4.69, 9.17) is 6.42 Å². The molecule has 0 aliphatic carbocycles. The van der Waals surface area contributed by atoms with Crippen molar-refractivity contribution < 1.29 is 4.39 Å². The van der Waals surface area contributed by atoms with Crippen molar-refractivity contribution in [1.82, 2.24) is 0 Å². The molecule has 0 fully saturated rings. The van der Waals surface area contributed by atoms with Crippen LogP contribution >= 0.6 is 0 Å². The molecule has 2 rings (SSSR count). The summed E-state index contributed by atoms with van der Waals surface area (Å²) in [5.74, 6) is 2.71. The van der Waals surface area contributed by atoms with Crippen LogP contribution in [0.1, 0.15) is 30.9 Å². The topological polar surface area (TPSA) is 0 Å². The van der Waals surface area contributed by atoms with Gasteiger partial charge in [0.2, 0.25) is 0 Å². The summed E-state index contributed by atoms with van der Waals surface area (Å²) in [5.41, 5.74) is 3.32. The number of hydrogen-bond donors (Lipinski definition) is 0. The molecule has 0 heterocycles. The van der Waals surface area contributed by atoms with Gasteiger partial charge in [-0.1, -0.05) is 44.0 Å². The highest BCUT2D eigenvalue weighted by Crippen LogP contribution is 2.26. The van der Waals surface area contributed by atoms with E-state index in [-0.39, 0.29) is 5.82 Å². The van der Waals surface area contributed by atoms with Crippen LogP contribution in [0.3, 0.4) is 0 Å². The molecule has 2 aromatic rings. The Hall–Kier alpha value is -2.07. The summed E-state index contributed by atoms with van der Waals surface area (Å²) < 4.78 is 13.9. The zero-order valence-electron chi connectivity index (χ0n) is 10.6. The lowest BCUT2D eigenvalue weighted by molar-refractivity contribution is 0.631. The molecule has 0 saturated carbocycles. The first-order valence-electron chi connectivity index (χ1n) is 5.98. The third kappa shape index (κ3) is 2.43. The average Bonchev–Trinajstić information content (AvgIpc) is 2.39. The molecular formula is C17H15F. The molecule has 0 unspecified atom stereocenters. The largest absolute Gasteiger partial charge is 0.206 e. The summed E-state index contributed by atoms with van der Waals surface area (Å²) in [6.07, 6.45) is 5.35. The van der Waals surface area contributed by atoms with Crippen LogP contribution in [0.2, 0.25) is 0 Å². The molecule has 90 valence electrons. The zero-order valence-corrected chi connectivity index (χ0v) is 10.6. The van der Waals surface area contributed by atoms with E-state index in [1.807, 2.05) is 18.2 Å². The molecule has 0 bridgehead atoms. The van der Waals surface area contributed by atoms with Crippen LogP contribution in [0.25, 0.3) is 11.1 Å². The van der Waals surface area contributed by atoms with Gasteiger partial charge in [-0.25, -0.2) is 4.39 Å². The summed E-state index contributed by atoms with van der Waals surface area (Å²) in [4.78, 5) is 0. The van der Waals surface area contributed by atoms with Gasteiger partial charge in [-0.2, -0.15) is 0 Å². The minimum Gasteiger partial charge on any atom is -0.206 e. The Labute approximate surface area is 107 Å². The van der Waals surface area contributed by atoms with E-state index in [1.165, 1.54) is 11.6 Å². The van der Waals surface area contributed by atoms with E-state index in [9.17, 15) is 4.39 Å². The minimum atomic E-state index is -0.241. The number of terminal acetylenes is 1. The molecule has 0 amide bonds. The first-order chi connectivity index (χ1) is 8.61. The SMILES string of the molecule is C#Cc1ccc(F)c(-c2cccc(C(C)C)c2)c1. The molecule has 0 spiro atoms. The molecule has 0 radical (unpaired) electrons. The smallest absolute Gasteiger partial charge is 0.131 e. The maximum Gasteiger partial charge on any atom is 0.131 e. The second-order valence-corrected chi connectivity index (χ2v) is 4.62. The molecule has 0 nitrogen and oxygen atoms in total. The van der Waals surface area contributed by atoms with E-state index in [0.29, 0.717) is 17.0 Å². The molecular weight excluding hydrogens is 223 g/mol. The Morgan fingerprint density at radius 1 is 1.11 bits per heavy atom. The number of hydrogen-bond acceptors (Lipinski definition) is 0. The van der Waals surface area contributed by atoms with Crippen molar-refractivity contribution in [2.45, 2.75) is 19.8 Å². The van der Waals surface area contributed by atoms with E-state index < -0.39 is 0 Å². The first kappa shape index (κ1) is 12.4. The van der Waals surface area contributed by atoms with Crippen molar-refractivity contribution in [2.24, 2.45) is 0 Å². The van der Waals surface area contributed by atoms with Gasteiger partial charge in [-0.05, 0) is 35.2 Å². The monoisotopic (exact) mass is 238 g/mol. The van der Waals surface area contributed by atoms with E-state index in [0.717, 1.165) is 5.56 Å². The van der Waals surface area contributed by atoms with Gasteiger partial charge in [0.1, 0.15) is 5.82 Å². The Bertz CT molecular complexity index is 603. The molecule has 0 aliphatic rings. The Balaban J connectivity index is 2.55. The lowest BCUT2D eigenvalue weighted by atomic mass is 9.96. The highest BCUT2D eigenvalue weighted by Gasteiger charge is 2.07. The van der Waals surface area contributed by atoms with E-state index in [2.05, 4.69) is 25.8 Å². The van der Waals surface area contributed by atoms with Gasteiger partial charge in [0.25, 0.3) is 0 Å².